The summed E-state index contributed by atoms with van der Waals surface area (Å²) in [5.74, 6) is 0.822. The molecule has 2 N–H and O–H groups in total. The molecular weight excluding hydrogens is 258 g/mol. The summed E-state index contributed by atoms with van der Waals surface area (Å²) in [6.45, 7) is 3.04. The lowest BCUT2D eigenvalue weighted by Gasteiger charge is -2.14. The van der Waals surface area contributed by atoms with E-state index in [-0.39, 0.29) is 6.10 Å². The van der Waals surface area contributed by atoms with Gasteiger partial charge in [0, 0.05) is 18.1 Å². The Morgan fingerprint density at radius 1 is 1.47 bits per heavy atom. The van der Waals surface area contributed by atoms with Gasteiger partial charge in [-0.1, -0.05) is 15.9 Å². The van der Waals surface area contributed by atoms with E-state index in [2.05, 4.69) is 15.9 Å². The Balaban J connectivity index is 2.69. The first kappa shape index (κ1) is 12.5. The van der Waals surface area contributed by atoms with Crippen molar-refractivity contribution in [2.45, 2.75) is 19.6 Å². The number of rotatable bonds is 5. The molecule has 4 heteroatoms. The third kappa shape index (κ3) is 3.81. The number of nitrogens with two attached hydrogens (primary N) is 1. The second-order valence-electron chi connectivity index (χ2n) is 3.34. The Hall–Kier alpha value is -0.580. The summed E-state index contributed by atoms with van der Waals surface area (Å²) in [6, 6.07) is 5.79. The van der Waals surface area contributed by atoms with Crippen LogP contribution < -0.4 is 10.5 Å². The van der Waals surface area contributed by atoms with Gasteiger partial charge in [0.05, 0.1) is 6.61 Å². The van der Waals surface area contributed by atoms with Gasteiger partial charge in [0.25, 0.3) is 0 Å². The van der Waals surface area contributed by atoms with E-state index in [0.29, 0.717) is 13.2 Å². The molecule has 0 aliphatic heterocycles. The minimum absolute atomic E-state index is 0.0433. The Labute approximate surface area is 98.7 Å². The first-order chi connectivity index (χ1) is 7.17. The van der Waals surface area contributed by atoms with Gasteiger partial charge in [-0.05, 0) is 30.7 Å². The van der Waals surface area contributed by atoms with Gasteiger partial charge in [-0.2, -0.15) is 0 Å². The SMILES string of the molecule is COCC(C)Oc1ccc(Br)c(CN)c1. The molecule has 0 spiro atoms. The number of methoxy groups -OCH3 is 1. The van der Waals surface area contributed by atoms with Gasteiger partial charge in [-0.25, -0.2) is 0 Å². The molecule has 1 unspecified atom stereocenters. The second kappa shape index (κ2) is 6.10. The molecule has 84 valence electrons. The number of hydrogen-bond acceptors (Lipinski definition) is 3. The highest BCUT2D eigenvalue weighted by Gasteiger charge is 2.05. The highest BCUT2D eigenvalue weighted by Crippen LogP contribution is 2.22. The summed E-state index contributed by atoms with van der Waals surface area (Å²) in [6.07, 6.45) is 0.0433. The standard InChI is InChI=1S/C11H16BrNO2/c1-8(7-14-2)15-10-3-4-11(12)9(5-10)6-13/h3-5,8H,6-7,13H2,1-2H3. The van der Waals surface area contributed by atoms with Crippen LogP contribution in [-0.4, -0.2) is 19.8 Å². The first-order valence-corrected chi connectivity index (χ1v) is 5.60. The first-order valence-electron chi connectivity index (χ1n) is 4.81. The highest BCUT2D eigenvalue weighted by molar-refractivity contribution is 9.10. The predicted octanol–water partition coefficient (Wildman–Crippen LogP) is 2.32. The van der Waals surface area contributed by atoms with Crippen LogP contribution >= 0.6 is 15.9 Å². The highest BCUT2D eigenvalue weighted by atomic mass is 79.9. The molecule has 1 aromatic rings. The van der Waals surface area contributed by atoms with E-state index in [1.54, 1.807) is 7.11 Å². The van der Waals surface area contributed by atoms with Crippen molar-refractivity contribution < 1.29 is 9.47 Å². The van der Waals surface area contributed by atoms with Crippen LogP contribution in [0, 0.1) is 0 Å². The number of hydrogen-bond donors (Lipinski definition) is 1. The monoisotopic (exact) mass is 273 g/mol. The molecular formula is C11H16BrNO2. The molecule has 0 bridgehead atoms. The maximum absolute atomic E-state index is 5.65. The summed E-state index contributed by atoms with van der Waals surface area (Å²) >= 11 is 3.43. The fraction of sp³-hybridized carbons (Fsp3) is 0.455. The van der Waals surface area contributed by atoms with Gasteiger partial charge in [0.2, 0.25) is 0 Å². The molecule has 0 saturated heterocycles. The van der Waals surface area contributed by atoms with Crippen LogP contribution in [0.4, 0.5) is 0 Å². The van der Waals surface area contributed by atoms with Crippen molar-refractivity contribution in [2.24, 2.45) is 5.73 Å². The Bertz CT molecular complexity index is 317. The van der Waals surface area contributed by atoms with Crippen molar-refractivity contribution in [3.63, 3.8) is 0 Å². The molecule has 15 heavy (non-hydrogen) atoms. The van der Waals surface area contributed by atoms with E-state index in [1.807, 2.05) is 25.1 Å². The summed E-state index contributed by atoms with van der Waals surface area (Å²) in [5, 5.41) is 0. The van der Waals surface area contributed by atoms with Gasteiger partial charge >= 0.3 is 0 Å². The average Bonchev–Trinajstić information content (AvgIpc) is 2.21. The largest absolute Gasteiger partial charge is 0.488 e. The third-order valence-electron chi connectivity index (χ3n) is 1.98. The quantitative estimate of drug-likeness (QED) is 0.896. The van der Waals surface area contributed by atoms with E-state index in [9.17, 15) is 0 Å². The van der Waals surface area contributed by atoms with Gasteiger partial charge in [-0.15, -0.1) is 0 Å². The van der Waals surface area contributed by atoms with Crippen LogP contribution in [0.3, 0.4) is 0 Å². The molecule has 3 nitrogen and oxygen atoms in total. The van der Waals surface area contributed by atoms with Crippen molar-refractivity contribution in [3.05, 3.63) is 28.2 Å². The van der Waals surface area contributed by atoms with Gasteiger partial charge in [-0.3, -0.25) is 0 Å². The van der Waals surface area contributed by atoms with Crippen molar-refractivity contribution in [1.29, 1.82) is 0 Å². The van der Waals surface area contributed by atoms with Crippen molar-refractivity contribution in [1.82, 2.24) is 0 Å². The smallest absolute Gasteiger partial charge is 0.120 e. The summed E-state index contributed by atoms with van der Waals surface area (Å²) < 4.78 is 11.7. The van der Waals surface area contributed by atoms with Crippen LogP contribution in [0.5, 0.6) is 5.75 Å². The van der Waals surface area contributed by atoms with E-state index in [0.717, 1.165) is 15.8 Å². The Morgan fingerprint density at radius 3 is 2.80 bits per heavy atom. The van der Waals surface area contributed by atoms with Crippen LogP contribution in [0.15, 0.2) is 22.7 Å². The molecule has 0 radical (unpaired) electrons. The third-order valence-corrected chi connectivity index (χ3v) is 2.75. The van der Waals surface area contributed by atoms with Gasteiger partial charge in [0.15, 0.2) is 0 Å². The summed E-state index contributed by atoms with van der Waals surface area (Å²) in [4.78, 5) is 0. The summed E-state index contributed by atoms with van der Waals surface area (Å²) in [7, 11) is 1.66. The van der Waals surface area contributed by atoms with Gasteiger partial charge < -0.3 is 15.2 Å². The zero-order valence-electron chi connectivity index (χ0n) is 9.00. The Kier molecular flexibility index (Phi) is 5.08. The average molecular weight is 274 g/mol. The molecule has 0 fully saturated rings. The van der Waals surface area contributed by atoms with Crippen LogP contribution in [0.25, 0.3) is 0 Å². The zero-order valence-corrected chi connectivity index (χ0v) is 10.6. The molecule has 0 heterocycles. The van der Waals surface area contributed by atoms with Crippen molar-refractivity contribution in [2.75, 3.05) is 13.7 Å². The van der Waals surface area contributed by atoms with Gasteiger partial charge in [0.1, 0.15) is 11.9 Å². The second-order valence-corrected chi connectivity index (χ2v) is 4.20. The van der Waals surface area contributed by atoms with E-state index >= 15 is 0 Å². The molecule has 0 aliphatic carbocycles. The Morgan fingerprint density at radius 2 is 2.20 bits per heavy atom. The molecule has 1 atom stereocenters. The molecule has 1 rings (SSSR count). The molecule has 0 aromatic heterocycles. The van der Waals surface area contributed by atoms with E-state index < -0.39 is 0 Å². The predicted molar refractivity (Wildman–Crippen MR) is 64.0 cm³/mol. The topological polar surface area (TPSA) is 44.5 Å². The van der Waals surface area contributed by atoms with Crippen molar-refractivity contribution >= 4 is 15.9 Å². The molecule has 0 saturated carbocycles. The fourth-order valence-corrected chi connectivity index (χ4v) is 1.69. The summed E-state index contributed by atoms with van der Waals surface area (Å²) in [5.41, 5.74) is 6.64. The minimum atomic E-state index is 0.0433. The zero-order chi connectivity index (χ0) is 11.3. The van der Waals surface area contributed by atoms with Crippen LogP contribution in [-0.2, 0) is 11.3 Å². The van der Waals surface area contributed by atoms with E-state index in [4.69, 9.17) is 15.2 Å². The maximum atomic E-state index is 5.65. The van der Waals surface area contributed by atoms with E-state index in [1.165, 1.54) is 0 Å². The fourth-order valence-electron chi connectivity index (χ4n) is 1.28. The molecule has 1 aromatic carbocycles. The van der Waals surface area contributed by atoms with Crippen LogP contribution in [0.1, 0.15) is 12.5 Å². The lowest BCUT2D eigenvalue weighted by atomic mass is 10.2. The minimum Gasteiger partial charge on any atom is -0.488 e. The molecule has 0 aliphatic rings. The molecule has 0 amide bonds. The number of ether oxygens (including phenoxy) is 2. The maximum Gasteiger partial charge on any atom is 0.120 e. The normalized spacial score (nSPS) is 12.5. The van der Waals surface area contributed by atoms with Crippen LogP contribution in [0.2, 0.25) is 0 Å². The number of benzene rings is 1. The van der Waals surface area contributed by atoms with Crippen molar-refractivity contribution in [3.8, 4) is 5.75 Å². The lowest BCUT2D eigenvalue weighted by molar-refractivity contribution is 0.0920. The number of halogens is 1. The lowest BCUT2D eigenvalue weighted by Crippen LogP contribution is -2.18.